The van der Waals surface area contributed by atoms with Crippen LogP contribution in [0.25, 0.3) is 5.76 Å². The van der Waals surface area contributed by atoms with Crippen molar-refractivity contribution in [1.82, 2.24) is 4.90 Å². The normalized spacial score (nSPS) is 22.6. The maximum atomic E-state index is 13.9. The van der Waals surface area contributed by atoms with Gasteiger partial charge in [0.1, 0.15) is 6.07 Å². The van der Waals surface area contributed by atoms with Gasteiger partial charge in [-0.15, -0.1) is 11.8 Å². The van der Waals surface area contributed by atoms with Crippen LogP contribution < -0.4 is 0 Å². The van der Waals surface area contributed by atoms with Crippen LogP contribution in [0, 0.1) is 11.3 Å². The number of nitriles is 1. The zero-order valence-electron chi connectivity index (χ0n) is 20.1. The summed E-state index contributed by atoms with van der Waals surface area (Å²) in [5.74, 6) is 1.43. The molecule has 2 aliphatic heterocycles. The SMILES string of the molecule is N#C/C1=C(\N2CCCCC2)O/C(c2ccccc2)=C(/C(=O)c2ccccc2)SCC1c1ccccc1. The molecule has 1 fully saturated rings. The summed E-state index contributed by atoms with van der Waals surface area (Å²) in [7, 11) is 0. The van der Waals surface area contributed by atoms with E-state index < -0.39 is 0 Å². The molecular formula is C31H28N2O2S. The third kappa shape index (κ3) is 5.10. The molecule has 0 radical (unpaired) electrons. The zero-order chi connectivity index (χ0) is 24.7. The molecule has 5 heteroatoms. The zero-order valence-corrected chi connectivity index (χ0v) is 20.9. The second-order valence-electron chi connectivity index (χ2n) is 8.97. The fourth-order valence-corrected chi connectivity index (χ4v) is 5.97. The number of carbonyl (C=O) groups is 1. The molecule has 36 heavy (non-hydrogen) atoms. The lowest BCUT2D eigenvalue weighted by atomic mass is 9.93. The van der Waals surface area contributed by atoms with Gasteiger partial charge in [0.25, 0.3) is 0 Å². The molecule has 1 atom stereocenters. The average molecular weight is 493 g/mol. The summed E-state index contributed by atoms with van der Waals surface area (Å²) in [5, 5.41) is 10.4. The molecule has 1 saturated heterocycles. The van der Waals surface area contributed by atoms with Gasteiger partial charge in [-0.2, -0.15) is 5.26 Å². The summed E-state index contributed by atoms with van der Waals surface area (Å²) in [4.78, 5) is 16.6. The fraction of sp³-hybridized carbons (Fsp3) is 0.226. The van der Waals surface area contributed by atoms with Crippen LogP contribution in [-0.2, 0) is 4.74 Å². The third-order valence-corrected chi connectivity index (χ3v) is 7.78. The number of likely N-dealkylation sites (tertiary alicyclic amines) is 1. The lowest BCUT2D eigenvalue weighted by molar-refractivity contribution is 0.103. The minimum atomic E-state index is -0.186. The van der Waals surface area contributed by atoms with Gasteiger partial charge in [-0.05, 0) is 24.8 Å². The van der Waals surface area contributed by atoms with Crippen LogP contribution in [0.4, 0.5) is 0 Å². The van der Waals surface area contributed by atoms with Gasteiger partial charge in [0, 0.05) is 35.9 Å². The molecule has 1 unspecified atom stereocenters. The molecule has 3 aromatic rings. The van der Waals surface area contributed by atoms with Gasteiger partial charge in [-0.3, -0.25) is 4.79 Å². The number of Topliss-reactive ketones (excluding diaryl/α,β-unsaturated/α-hetero) is 1. The van der Waals surface area contributed by atoms with Crippen LogP contribution in [0.15, 0.2) is 107 Å². The van der Waals surface area contributed by atoms with Crippen molar-refractivity contribution in [2.45, 2.75) is 25.2 Å². The number of allylic oxidation sites excluding steroid dienone is 2. The number of rotatable bonds is 5. The van der Waals surface area contributed by atoms with Crippen molar-refractivity contribution >= 4 is 23.3 Å². The Morgan fingerprint density at radius 3 is 2.11 bits per heavy atom. The second kappa shape index (κ2) is 11.3. The van der Waals surface area contributed by atoms with Gasteiger partial charge in [0.15, 0.2) is 5.76 Å². The Balaban J connectivity index is 1.70. The van der Waals surface area contributed by atoms with E-state index in [9.17, 15) is 10.1 Å². The smallest absolute Gasteiger partial charge is 0.210 e. The Bertz CT molecular complexity index is 1300. The van der Waals surface area contributed by atoms with Gasteiger partial charge < -0.3 is 9.64 Å². The van der Waals surface area contributed by atoms with E-state index in [1.54, 1.807) is 0 Å². The first kappa shape index (κ1) is 24.0. The Morgan fingerprint density at radius 1 is 0.861 bits per heavy atom. The van der Waals surface area contributed by atoms with Gasteiger partial charge in [0.2, 0.25) is 11.7 Å². The summed E-state index contributed by atoms with van der Waals surface area (Å²) in [6, 6.07) is 31.7. The summed E-state index contributed by atoms with van der Waals surface area (Å²) in [5.41, 5.74) is 3.12. The summed E-state index contributed by atoms with van der Waals surface area (Å²) >= 11 is 1.48. The minimum Gasteiger partial charge on any atom is -0.438 e. The highest BCUT2D eigenvalue weighted by Crippen LogP contribution is 2.42. The Kier molecular flexibility index (Phi) is 7.54. The Morgan fingerprint density at radius 2 is 1.47 bits per heavy atom. The van der Waals surface area contributed by atoms with Crippen molar-refractivity contribution in [2.24, 2.45) is 0 Å². The average Bonchev–Trinajstić information content (AvgIpc) is 2.95. The molecule has 3 aromatic carbocycles. The highest BCUT2D eigenvalue weighted by Gasteiger charge is 2.33. The largest absolute Gasteiger partial charge is 0.438 e. The molecule has 5 rings (SSSR count). The molecule has 2 aliphatic rings. The van der Waals surface area contributed by atoms with Crippen LogP contribution in [-0.4, -0.2) is 29.5 Å². The first-order chi connectivity index (χ1) is 17.8. The van der Waals surface area contributed by atoms with E-state index in [-0.39, 0.29) is 11.7 Å². The van der Waals surface area contributed by atoms with E-state index in [4.69, 9.17) is 4.74 Å². The third-order valence-electron chi connectivity index (χ3n) is 6.62. The molecule has 4 nitrogen and oxygen atoms in total. The van der Waals surface area contributed by atoms with E-state index >= 15 is 0 Å². The van der Waals surface area contributed by atoms with Crippen molar-refractivity contribution < 1.29 is 9.53 Å². The number of thioether (sulfide) groups is 1. The van der Waals surface area contributed by atoms with Crippen LogP contribution >= 0.6 is 11.8 Å². The summed E-state index contributed by atoms with van der Waals surface area (Å²) in [6.45, 7) is 1.67. The topological polar surface area (TPSA) is 53.3 Å². The monoisotopic (exact) mass is 492 g/mol. The van der Waals surface area contributed by atoms with Crippen molar-refractivity contribution in [3.8, 4) is 6.07 Å². The number of ether oxygens (including phenoxy) is 1. The Labute approximate surface area is 216 Å². The number of hydrogen-bond acceptors (Lipinski definition) is 5. The number of hydrogen-bond donors (Lipinski definition) is 0. The molecule has 0 saturated carbocycles. The summed E-state index contributed by atoms with van der Waals surface area (Å²) < 4.78 is 6.75. The number of ketones is 1. The molecule has 2 heterocycles. The van der Waals surface area contributed by atoms with Crippen molar-refractivity contribution in [1.29, 1.82) is 5.26 Å². The number of carbonyl (C=O) groups excluding carboxylic acids is 1. The van der Waals surface area contributed by atoms with Crippen molar-refractivity contribution in [3.05, 3.63) is 124 Å². The van der Waals surface area contributed by atoms with Crippen molar-refractivity contribution in [3.63, 3.8) is 0 Å². The number of nitrogens with zero attached hydrogens (tertiary/aromatic N) is 2. The molecule has 0 aliphatic carbocycles. The molecule has 0 aromatic heterocycles. The van der Waals surface area contributed by atoms with Gasteiger partial charge >= 0.3 is 0 Å². The predicted octanol–water partition coefficient (Wildman–Crippen LogP) is 7.01. The van der Waals surface area contributed by atoms with E-state index in [1.165, 1.54) is 18.2 Å². The predicted molar refractivity (Wildman–Crippen MR) is 145 cm³/mol. The fourth-order valence-electron chi connectivity index (χ4n) is 4.74. The van der Waals surface area contributed by atoms with Gasteiger partial charge in [0.05, 0.1) is 10.5 Å². The molecule has 0 N–H and O–H groups in total. The van der Waals surface area contributed by atoms with Crippen LogP contribution in [0.1, 0.15) is 46.7 Å². The Hall–Kier alpha value is -3.75. The summed E-state index contributed by atoms with van der Waals surface area (Å²) in [6.07, 6.45) is 3.27. The molecule has 0 spiro atoms. The molecule has 0 bridgehead atoms. The first-order valence-corrected chi connectivity index (χ1v) is 13.4. The molecule has 0 amide bonds. The first-order valence-electron chi connectivity index (χ1n) is 12.4. The van der Waals surface area contributed by atoms with Gasteiger partial charge in [-0.25, -0.2) is 0 Å². The van der Waals surface area contributed by atoms with E-state index in [1.807, 2.05) is 78.9 Å². The van der Waals surface area contributed by atoms with Gasteiger partial charge in [-0.1, -0.05) is 91.0 Å². The maximum Gasteiger partial charge on any atom is 0.210 e. The molecule has 180 valence electrons. The quantitative estimate of drug-likeness (QED) is 0.359. The van der Waals surface area contributed by atoms with Crippen LogP contribution in [0.3, 0.4) is 0 Å². The molecular weight excluding hydrogens is 464 g/mol. The maximum absolute atomic E-state index is 13.9. The lowest BCUT2D eigenvalue weighted by Gasteiger charge is -2.34. The highest BCUT2D eigenvalue weighted by atomic mass is 32.2. The van der Waals surface area contributed by atoms with E-state index in [0.717, 1.165) is 37.1 Å². The van der Waals surface area contributed by atoms with Crippen LogP contribution in [0.5, 0.6) is 0 Å². The minimum absolute atomic E-state index is 0.0651. The lowest BCUT2D eigenvalue weighted by Crippen LogP contribution is -2.32. The number of piperidine rings is 1. The standard InChI is InChI=1S/C31H28N2O2S/c32-21-26-27(23-13-5-1-6-14-23)22-36-30(28(34)24-15-7-2-8-16-24)29(25-17-9-3-10-18-25)35-31(26)33-19-11-4-12-20-33/h1-3,5-10,13-18,27H,4,11-12,19-20,22H2/b30-29-,31-26-. The van der Waals surface area contributed by atoms with E-state index in [2.05, 4.69) is 23.1 Å². The van der Waals surface area contributed by atoms with E-state index in [0.29, 0.717) is 33.4 Å². The number of benzene rings is 3. The van der Waals surface area contributed by atoms with Crippen LogP contribution in [0.2, 0.25) is 0 Å². The van der Waals surface area contributed by atoms with Crippen molar-refractivity contribution in [2.75, 3.05) is 18.8 Å². The highest BCUT2D eigenvalue weighted by molar-refractivity contribution is 8.04. The second-order valence-corrected chi connectivity index (χ2v) is 10.0.